The van der Waals surface area contributed by atoms with Gasteiger partial charge in [-0.1, -0.05) is 12.1 Å². The zero-order chi connectivity index (χ0) is 19.0. The number of non-ortho nitro benzene ring substituents is 1. The quantitative estimate of drug-likeness (QED) is 0.513. The number of amides is 1. The van der Waals surface area contributed by atoms with Crippen LogP contribution >= 0.6 is 0 Å². The number of carbonyl (C=O) groups is 1. The highest BCUT2D eigenvalue weighted by Crippen LogP contribution is 2.42. The van der Waals surface area contributed by atoms with Crippen LogP contribution in [0.25, 0.3) is 10.9 Å². The largest absolute Gasteiger partial charge is 0.494 e. The second-order valence-electron chi connectivity index (χ2n) is 6.62. The van der Waals surface area contributed by atoms with E-state index in [0.29, 0.717) is 23.1 Å². The van der Waals surface area contributed by atoms with Gasteiger partial charge in [0.25, 0.3) is 11.6 Å². The molecule has 3 aromatic rings. The van der Waals surface area contributed by atoms with E-state index in [0.717, 1.165) is 17.7 Å². The lowest BCUT2D eigenvalue weighted by atomic mass is 10.1. The maximum atomic E-state index is 12.6. The standard InChI is InChI=1S/C20H19N3O4/c1-2-27-14-5-3-4-12(8-14)16-10-19(16)22-20(24)17-11-21-18-9-13(23(25)26)6-7-15(17)18/h3-9,11,16,19,21H,2,10H2,1H3,(H,22,24). The number of aromatic nitrogens is 1. The smallest absolute Gasteiger partial charge is 0.271 e. The van der Waals surface area contributed by atoms with Crippen molar-refractivity contribution < 1.29 is 14.5 Å². The summed E-state index contributed by atoms with van der Waals surface area (Å²) in [5.74, 6) is 0.939. The Balaban J connectivity index is 1.47. The third kappa shape index (κ3) is 3.36. The Labute approximate surface area is 155 Å². The molecule has 2 unspecified atom stereocenters. The van der Waals surface area contributed by atoms with Gasteiger partial charge in [-0.2, -0.15) is 0 Å². The molecule has 1 amide bonds. The van der Waals surface area contributed by atoms with Crippen LogP contribution in [0.1, 0.15) is 35.2 Å². The van der Waals surface area contributed by atoms with Crippen molar-refractivity contribution in [3.05, 3.63) is 69.9 Å². The predicted molar refractivity (Wildman–Crippen MR) is 101 cm³/mol. The van der Waals surface area contributed by atoms with Gasteiger partial charge in [-0.25, -0.2) is 0 Å². The van der Waals surface area contributed by atoms with Gasteiger partial charge in [-0.3, -0.25) is 14.9 Å². The van der Waals surface area contributed by atoms with Crippen LogP contribution in [0, 0.1) is 10.1 Å². The van der Waals surface area contributed by atoms with Crippen LogP contribution in [0.4, 0.5) is 5.69 Å². The van der Waals surface area contributed by atoms with Gasteiger partial charge >= 0.3 is 0 Å². The molecule has 7 nitrogen and oxygen atoms in total. The van der Waals surface area contributed by atoms with Gasteiger partial charge in [0.1, 0.15) is 5.75 Å². The Morgan fingerprint density at radius 2 is 2.19 bits per heavy atom. The van der Waals surface area contributed by atoms with Crippen molar-refractivity contribution in [2.75, 3.05) is 6.61 Å². The molecule has 1 fully saturated rings. The van der Waals surface area contributed by atoms with E-state index in [9.17, 15) is 14.9 Å². The van der Waals surface area contributed by atoms with Crippen molar-refractivity contribution in [1.82, 2.24) is 10.3 Å². The molecule has 1 saturated carbocycles. The highest BCUT2D eigenvalue weighted by Gasteiger charge is 2.40. The molecule has 0 saturated heterocycles. The van der Waals surface area contributed by atoms with E-state index < -0.39 is 4.92 Å². The summed E-state index contributed by atoms with van der Waals surface area (Å²) >= 11 is 0. The van der Waals surface area contributed by atoms with Crippen LogP contribution in [-0.4, -0.2) is 28.5 Å². The average molecular weight is 365 g/mol. The summed E-state index contributed by atoms with van der Waals surface area (Å²) in [5, 5.41) is 14.6. The number of nitrogens with one attached hydrogen (secondary N) is 2. The third-order valence-corrected chi connectivity index (χ3v) is 4.82. The van der Waals surface area contributed by atoms with Crippen molar-refractivity contribution in [1.29, 1.82) is 0 Å². The lowest BCUT2D eigenvalue weighted by Gasteiger charge is -2.07. The number of ether oxygens (including phenoxy) is 1. The molecular formula is C20H19N3O4. The zero-order valence-corrected chi connectivity index (χ0v) is 14.8. The van der Waals surface area contributed by atoms with Crippen LogP contribution in [0.3, 0.4) is 0 Å². The van der Waals surface area contributed by atoms with Crippen molar-refractivity contribution in [2.24, 2.45) is 0 Å². The summed E-state index contributed by atoms with van der Waals surface area (Å²) in [7, 11) is 0. The molecule has 1 heterocycles. The molecule has 1 aliphatic carbocycles. The van der Waals surface area contributed by atoms with Crippen LogP contribution in [0.2, 0.25) is 0 Å². The number of fused-ring (bicyclic) bond motifs is 1. The molecule has 0 spiro atoms. The molecule has 2 aromatic carbocycles. The van der Waals surface area contributed by atoms with Crippen molar-refractivity contribution in [3.8, 4) is 5.75 Å². The van der Waals surface area contributed by atoms with Crippen molar-refractivity contribution in [3.63, 3.8) is 0 Å². The minimum atomic E-state index is -0.453. The van der Waals surface area contributed by atoms with Crippen molar-refractivity contribution in [2.45, 2.75) is 25.3 Å². The number of aromatic amines is 1. The monoisotopic (exact) mass is 365 g/mol. The molecule has 1 aromatic heterocycles. The molecule has 0 radical (unpaired) electrons. The minimum Gasteiger partial charge on any atom is -0.494 e. The van der Waals surface area contributed by atoms with Gasteiger partial charge < -0.3 is 15.0 Å². The Morgan fingerprint density at radius 3 is 2.96 bits per heavy atom. The molecule has 2 N–H and O–H groups in total. The fourth-order valence-electron chi connectivity index (χ4n) is 3.39. The van der Waals surface area contributed by atoms with E-state index in [1.54, 1.807) is 12.3 Å². The molecule has 4 rings (SSSR count). The first-order valence-corrected chi connectivity index (χ1v) is 8.86. The maximum absolute atomic E-state index is 12.6. The predicted octanol–water partition coefficient (Wildman–Crippen LogP) is 3.76. The Hall–Kier alpha value is -3.35. The van der Waals surface area contributed by atoms with Crippen LogP contribution in [0.5, 0.6) is 5.75 Å². The average Bonchev–Trinajstić information content (AvgIpc) is 3.29. The van der Waals surface area contributed by atoms with E-state index in [1.807, 2.05) is 31.2 Å². The van der Waals surface area contributed by atoms with Gasteiger partial charge in [0.2, 0.25) is 0 Å². The first-order chi connectivity index (χ1) is 13.1. The SMILES string of the molecule is CCOc1cccc(C2CC2NC(=O)c2c[nH]c3cc([N+](=O)[O-])ccc23)c1. The van der Waals surface area contributed by atoms with Gasteiger partial charge in [-0.05, 0) is 37.1 Å². The zero-order valence-electron chi connectivity index (χ0n) is 14.8. The van der Waals surface area contributed by atoms with Crippen LogP contribution in [0.15, 0.2) is 48.7 Å². The Morgan fingerprint density at radius 1 is 1.33 bits per heavy atom. The first-order valence-electron chi connectivity index (χ1n) is 8.86. The fraction of sp³-hybridized carbons (Fsp3) is 0.250. The summed E-state index contributed by atoms with van der Waals surface area (Å²) in [4.78, 5) is 26.0. The summed E-state index contributed by atoms with van der Waals surface area (Å²) in [6.07, 6.45) is 2.48. The van der Waals surface area contributed by atoms with E-state index in [1.165, 1.54) is 12.1 Å². The van der Waals surface area contributed by atoms with E-state index in [2.05, 4.69) is 10.3 Å². The maximum Gasteiger partial charge on any atom is 0.271 e. The molecule has 7 heteroatoms. The number of nitro benzene ring substituents is 1. The van der Waals surface area contributed by atoms with Gasteiger partial charge in [0.15, 0.2) is 0 Å². The topological polar surface area (TPSA) is 97.3 Å². The van der Waals surface area contributed by atoms with E-state index >= 15 is 0 Å². The molecule has 138 valence electrons. The van der Waals surface area contributed by atoms with Crippen molar-refractivity contribution >= 4 is 22.5 Å². The summed E-state index contributed by atoms with van der Waals surface area (Å²) in [5.41, 5.74) is 2.22. The number of hydrogen-bond donors (Lipinski definition) is 2. The highest BCUT2D eigenvalue weighted by molar-refractivity contribution is 6.07. The normalized spacial score (nSPS) is 18.3. The third-order valence-electron chi connectivity index (χ3n) is 4.82. The molecule has 1 aliphatic rings. The van der Waals surface area contributed by atoms with Crippen LogP contribution < -0.4 is 10.1 Å². The lowest BCUT2D eigenvalue weighted by Crippen LogP contribution is -2.26. The number of rotatable bonds is 6. The molecule has 27 heavy (non-hydrogen) atoms. The number of carbonyl (C=O) groups excluding carboxylic acids is 1. The molecule has 2 atom stereocenters. The number of H-pyrrole nitrogens is 1. The number of nitrogens with zero attached hydrogens (tertiary/aromatic N) is 1. The second-order valence-corrected chi connectivity index (χ2v) is 6.62. The summed E-state index contributed by atoms with van der Waals surface area (Å²) in [6, 6.07) is 12.5. The van der Waals surface area contributed by atoms with E-state index in [-0.39, 0.29) is 23.6 Å². The Kier molecular flexibility index (Phi) is 4.27. The van der Waals surface area contributed by atoms with Gasteiger partial charge in [0.05, 0.1) is 22.6 Å². The molecular weight excluding hydrogens is 346 g/mol. The number of benzene rings is 2. The number of hydrogen-bond acceptors (Lipinski definition) is 4. The highest BCUT2D eigenvalue weighted by atomic mass is 16.6. The first kappa shape index (κ1) is 17.1. The Bertz CT molecular complexity index is 1030. The summed E-state index contributed by atoms with van der Waals surface area (Å²) < 4.78 is 5.53. The van der Waals surface area contributed by atoms with Gasteiger partial charge in [-0.15, -0.1) is 0 Å². The fourth-order valence-corrected chi connectivity index (χ4v) is 3.39. The minimum absolute atomic E-state index is 0.00672. The second kappa shape index (κ2) is 6.75. The summed E-state index contributed by atoms with van der Waals surface area (Å²) in [6.45, 7) is 2.57. The lowest BCUT2D eigenvalue weighted by molar-refractivity contribution is -0.384. The molecule has 0 bridgehead atoms. The van der Waals surface area contributed by atoms with Crippen LogP contribution in [-0.2, 0) is 0 Å². The molecule has 0 aliphatic heterocycles. The van der Waals surface area contributed by atoms with E-state index in [4.69, 9.17) is 4.74 Å². The number of nitro groups is 1. The van der Waals surface area contributed by atoms with Gasteiger partial charge in [0, 0.05) is 35.7 Å².